The van der Waals surface area contributed by atoms with Crippen LogP contribution in [0.25, 0.3) is 16.7 Å². The van der Waals surface area contributed by atoms with Crippen molar-refractivity contribution >= 4 is 11.4 Å². The van der Waals surface area contributed by atoms with Gasteiger partial charge in [0.25, 0.3) is 0 Å². The molecule has 31 heavy (non-hydrogen) atoms. The number of aliphatic hydroxyl groups is 1. The lowest BCUT2D eigenvalue weighted by atomic mass is 9.80. The maximum atomic E-state index is 14.3. The van der Waals surface area contributed by atoms with E-state index in [1.54, 1.807) is 26.8 Å². The molecule has 0 amide bonds. The van der Waals surface area contributed by atoms with Gasteiger partial charge in [-0.25, -0.2) is 13.2 Å². The fourth-order valence-electron chi connectivity index (χ4n) is 4.05. The average molecular weight is 434 g/mol. The van der Waals surface area contributed by atoms with E-state index in [1.807, 2.05) is 6.92 Å². The van der Waals surface area contributed by atoms with Crippen molar-refractivity contribution in [3.05, 3.63) is 64.7 Å². The van der Waals surface area contributed by atoms with E-state index in [2.05, 4.69) is 0 Å². The van der Waals surface area contributed by atoms with Gasteiger partial charge in [0.15, 0.2) is 5.60 Å². The molecule has 1 unspecified atom stereocenters. The zero-order valence-electron chi connectivity index (χ0n) is 18.1. The normalized spacial score (nSPS) is 21.0. The molecule has 0 bridgehead atoms. The fraction of sp³-hybridized carbons (Fsp3) is 0.375. The number of benzene rings is 2. The molecule has 1 aliphatic rings. The molecule has 1 aliphatic heterocycles. The first-order valence-corrected chi connectivity index (χ1v) is 9.91. The molecule has 4 nitrogen and oxygen atoms in total. The van der Waals surface area contributed by atoms with Crippen LogP contribution in [0.1, 0.15) is 38.8 Å². The van der Waals surface area contributed by atoms with Gasteiger partial charge in [0.05, 0.1) is 17.7 Å². The summed E-state index contributed by atoms with van der Waals surface area (Å²) in [7, 11) is 1.45. The maximum Gasteiger partial charge on any atom is 0.200 e. The number of hydrogen-bond acceptors (Lipinski definition) is 4. The molecular weight excluding hydrogens is 409 g/mol. The lowest BCUT2D eigenvalue weighted by Gasteiger charge is -2.42. The third-order valence-corrected chi connectivity index (χ3v) is 5.47. The van der Waals surface area contributed by atoms with Gasteiger partial charge in [0.2, 0.25) is 5.78 Å². The predicted octanol–water partition coefficient (Wildman–Crippen LogP) is 5.39. The van der Waals surface area contributed by atoms with E-state index in [4.69, 9.17) is 9.47 Å². The van der Waals surface area contributed by atoms with Crippen LogP contribution in [0.3, 0.4) is 0 Å². The third kappa shape index (κ3) is 4.00. The Morgan fingerprint density at radius 3 is 2.23 bits per heavy atom. The van der Waals surface area contributed by atoms with Crippen LogP contribution in [0.4, 0.5) is 13.2 Å². The van der Waals surface area contributed by atoms with E-state index in [9.17, 15) is 23.1 Å². The second-order valence-electron chi connectivity index (χ2n) is 8.30. The van der Waals surface area contributed by atoms with Gasteiger partial charge < -0.3 is 14.6 Å². The fourth-order valence-corrected chi connectivity index (χ4v) is 4.05. The summed E-state index contributed by atoms with van der Waals surface area (Å²) < 4.78 is 52.9. The molecule has 1 atom stereocenters. The second kappa shape index (κ2) is 8.13. The predicted molar refractivity (Wildman–Crippen MR) is 111 cm³/mol. The van der Waals surface area contributed by atoms with Crippen molar-refractivity contribution in [3.63, 3.8) is 0 Å². The Morgan fingerprint density at radius 1 is 1.06 bits per heavy atom. The van der Waals surface area contributed by atoms with Crippen molar-refractivity contribution in [2.45, 2.75) is 45.3 Å². The number of ether oxygens (including phenoxy) is 2. The summed E-state index contributed by atoms with van der Waals surface area (Å²) in [5.41, 5.74) is -1.52. The van der Waals surface area contributed by atoms with Crippen LogP contribution >= 0.6 is 0 Å². The topological polar surface area (TPSA) is 55.8 Å². The van der Waals surface area contributed by atoms with Crippen LogP contribution in [0.2, 0.25) is 0 Å². The number of Topliss-reactive ketones (excluding diaryl/α,β-unsaturated/α-hetero) is 1. The second-order valence-corrected chi connectivity index (χ2v) is 8.30. The SMILES string of the molecule is CCc1cc(-c2c(F)cc(F)cc2F)ccc1C1=C(O)C(C)(C)OC(C)(COC)C1=O. The Morgan fingerprint density at radius 2 is 1.68 bits per heavy atom. The van der Waals surface area contributed by atoms with Crippen molar-refractivity contribution in [1.29, 1.82) is 0 Å². The Hall–Kier alpha value is -2.64. The number of aryl methyl sites for hydroxylation is 1. The van der Waals surface area contributed by atoms with Crippen molar-refractivity contribution in [1.82, 2.24) is 0 Å². The van der Waals surface area contributed by atoms with Gasteiger partial charge >= 0.3 is 0 Å². The smallest absolute Gasteiger partial charge is 0.200 e. The number of carbonyl (C=O) groups excluding carboxylic acids is 1. The van der Waals surface area contributed by atoms with Gasteiger partial charge in [-0.2, -0.15) is 0 Å². The van der Waals surface area contributed by atoms with Gasteiger partial charge in [-0.05, 0) is 43.9 Å². The summed E-state index contributed by atoms with van der Waals surface area (Å²) in [6.07, 6.45) is 0.417. The summed E-state index contributed by atoms with van der Waals surface area (Å²) >= 11 is 0. The minimum absolute atomic E-state index is 0.0163. The summed E-state index contributed by atoms with van der Waals surface area (Å²) in [5.74, 6) is -3.73. The van der Waals surface area contributed by atoms with E-state index in [-0.39, 0.29) is 29.1 Å². The van der Waals surface area contributed by atoms with Gasteiger partial charge in [-0.3, -0.25) is 4.79 Å². The Labute approximate surface area is 179 Å². The van der Waals surface area contributed by atoms with Crippen molar-refractivity contribution in [2.24, 2.45) is 0 Å². The van der Waals surface area contributed by atoms with Crippen LogP contribution in [-0.2, 0) is 20.7 Å². The highest BCUT2D eigenvalue weighted by Gasteiger charge is 2.50. The molecule has 0 fully saturated rings. The molecule has 7 heteroatoms. The van der Waals surface area contributed by atoms with E-state index < -0.39 is 34.4 Å². The number of hydrogen-bond donors (Lipinski definition) is 1. The molecule has 0 radical (unpaired) electrons. The lowest BCUT2D eigenvalue weighted by molar-refractivity contribution is -0.173. The van der Waals surface area contributed by atoms with Gasteiger partial charge in [-0.1, -0.05) is 25.1 Å². The van der Waals surface area contributed by atoms with Gasteiger partial charge in [0, 0.05) is 19.2 Å². The Balaban J connectivity index is 2.20. The largest absolute Gasteiger partial charge is 0.508 e. The van der Waals surface area contributed by atoms with Crippen LogP contribution in [0, 0.1) is 17.5 Å². The van der Waals surface area contributed by atoms with Crippen molar-refractivity contribution in [3.8, 4) is 11.1 Å². The van der Waals surface area contributed by atoms with Crippen LogP contribution in [-0.4, -0.2) is 35.8 Å². The minimum Gasteiger partial charge on any atom is -0.508 e. The number of halogens is 3. The highest BCUT2D eigenvalue weighted by Crippen LogP contribution is 2.42. The number of aliphatic hydroxyl groups excluding tert-OH is 1. The summed E-state index contributed by atoms with van der Waals surface area (Å²) in [4.78, 5) is 13.3. The molecule has 2 aromatic carbocycles. The summed E-state index contributed by atoms with van der Waals surface area (Å²) in [6, 6.07) is 5.75. The summed E-state index contributed by atoms with van der Waals surface area (Å²) in [6.45, 7) is 6.69. The van der Waals surface area contributed by atoms with E-state index in [0.717, 1.165) is 0 Å². The van der Waals surface area contributed by atoms with E-state index in [1.165, 1.54) is 19.2 Å². The molecule has 2 aromatic rings. The zero-order valence-corrected chi connectivity index (χ0v) is 18.1. The number of methoxy groups -OCH3 is 1. The first-order valence-electron chi connectivity index (χ1n) is 9.91. The molecule has 0 spiro atoms. The van der Waals surface area contributed by atoms with Crippen molar-refractivity contribution in [2.75, 3.05) is 13.7 Å². The lowest BCUT2D eigenvalue weighted by Crippen LogP contribution is -2.53. The van der Waals surface area contributed by atoms with Crippen LogP contribution in [0.15, 0.2) is 36.1 Å². The maximum absolute atomic E-state index is 14.3. The first-order chi connectivity index (χ1) is 14.4. The molecule has 1 heterocycles. The molecule has 0 saturated carbocycles. The molecule has 1 N–H and O–H groups in total. The number of ketones is 1. The molecule has 0 aromatic heterocycles. The molecule has 3 rings (SSSR count). The third-order valence-electron chi connectivity index (χ3n) is 5.47. The number of rotatable bonds is 5. The zero-order chi connectivity index (χ0) is 23.1. The number of carbonyl (C=O) groups is 1. The summed E-state index contributed by atoms with van der Waals surface area (Å²) in [5, 5.41) is 10.9. The monoisotopic (exact) mass is 434 g/mol. The highest BCUT2D eigenvalue weighted by atomic mass is 19.1. The molecule has 0 saturated heterocycles. The minimum atomic E-state index is -1.32. The quantitative estimate of drug-likeness (QED) is 0.686. The van der Waals surface area contributed by atoms with Crippen LogP contribution < -0.4 is 0 Å². The Bertz CT molecular complexity index is 1050. The molecule has 166 valence electrons. The van der Waals surface area contributed by atoms with Crippen molar-refractivity contribution < 1.29 is 32.5 Å². The van der Waals surface area contributed by atoms with Gasteiger partial charge in [-0.15, -0.1) is 0 Å². The highest BCUT2D eigenvalue weighted by molar-refractivity contribution is 6.26. The average Bonchev–Trinajstić information content (AvgIpc) is 2.66. The van der Waals surface area contributed by atoms with E-state index in [0.29, 0.717) is 29.7 Å². The van der Waals surface area contributed by atoms with Gasteiger partial charge in [0.1, 0.15) is 28.8 Å². The molecular formula is C24H25F3O4. The standard InChI is InChI=1S/C24H25F3O4/c1-6-13-9-14(19-17(26)10-15(25)11-18(19)27)7-8-16(13)20-21(28)23(2,3)31-24(4,12-30-5)22(20)29/h7-11,28H,6,12H2,1-5H3. The Kier molecular flexibility index (Phi) is 6.04. The first kappa shape index (κ1) is 23.0. The molecule has 0 aliphatic carbocycles. The van der Waals surface area contributed by atoms with E-state index >= 15 is 0 Å². The van der Waals surface area contributed by atoms with Crippen LogP contribution in [0.5, 0.6) is 0 Å².